The normalized spacial score (nSPS) is 10.4. The molecule has 0 radical (unpaired) electrons. The van der Waals surface area contributed by atoms with Gasteiger partial charge in [0.25, 0.3) is 0 Å². The molecule has 0 unspecified atom stereocenters. The fraction of sp³-hybridized carbons (Fsp3) is 0.267. The summed E-state index contributed by atoms with van der Waals surface area (Å²) < 4.78 is 7.12. The Labute approximate surface area is 141 Å². The lowest BCUT2D eigenvalue weighted by atomic mass is 10.4. The van der Waals surface area contributed by atoms with Crippen molar-refractivity contribution in [3.05, 3.63) is 68.5 Å². The second-order valence-corrected chi connectivity index (χ2v) is 5.11. The van der Waals surface area contributed by atoms with E-state index in [1.165, 1.54) is 18.2 Å². The third kappa shape index (κ3) is 3.74. The van der Waals surface area contributed by atoms with E-state index in [4.69, 9.17) is 4.52 Å². The molecule has 0 aliphatic carbocycles. The van der Waals surface area contributed by atoms with Gasteiger partial charge in [-0.1, -0.05) is 17.3 Å². The molecule has 2 aromatic heterocycles. The lowest BCUT2D eigenvalue weighted by molar-refractivity contribution is -0.117. The van der Waals surface area contributed by atoms with Crippen LogP contribution in [0.3, 0.4) is 0 Å². The molecule has 0 aromatic carbocycles. The lowest BCUT2D eigenvalue weighted by Gasteiger charge is -2.11. The predicted molar refractivity (Wildman–Crippen MR) is 89.5 cm³/mol. The number of anilines is 1. The number of nitrogens with zero attached hydrogens (tertiary/aromatic N) is 4. The van der Waals surface area contributed by atoms with Crippen LogP contribution in [0.5, 0.6) is 0 Å². The highest BCUT2D eigenvalue weighted by Gasteiger charge is 2.17. The zero-order chi connectivity index (χ0) is 18.6. The van der Waals surface area contributed by atoms with Gasteiger partial charge < -0.3 is 4.52 Å². The number of aryl methyl sites for hydroxylation is 1. The molecular weight excluding hydrogens is 330 g/mol. The highest BCUT2D eigenvalue weighted by Crippen LogP contribution is 2.07. The zero-order valence-corrected chi connectivity index (χ0v) is 13.6. The predicted octanol–water partition coefficient (Wildman–Crippen LogP) is -0.521. The molecule has 1 N–H and O–H groups in total. The second kappa shape index (κ2) is 7.43. The van der Waals surface area contributed by atoms with E-state index in [1.54, 1.807) is 6.92 Å². The van der Waals surface area contributed by atoms with Crippen molar-refractivity contribution in [2.75, 3.05) is 5.32 Å². The molecule has 25 heavy (non-hydrogen) atoms. The van der Waals surface area contributed by atoms with E-state index in [-0.39, 0.29) is 19.0 Å². The van der Waals surface area contributed by atoms with E-state index in [1.807, 2.05) is 0 Å². The number of hydrogen-bond donors (Lipinski definition) is 1. The first kappa shape index (κ1) is 17.9. The summed E-state index contributed by atoms with van der Waals surface area (Å²) in [5, 5.41) is 5.99. The van der Waals surface area contributed by atoms with Gasteiger partial charge in [0, 0.05) is 6.07 Å². The summed E-state index contributed by atoms with van der Waals surface area (Å²) in [6, 6.07) is 1.48. The van der Waals surface area contributed by atoms with Crippen molar-refractivity contribution in [3.8, 4) is 0 Å². The minimum absolute atomic E-state index is 0.0846. The van der Waals surface area contributed by atoms with Crippen LogP contribution < -0.4 is 22.4 Å². The summed E-state index contributed by atoms with van der Waals surface area (Å²) in [6.07, 6.45) is 2.68. The van der Waals surface area contributed by atoms with Crippen molar-refractivity contribution >= 4 is 11.8 Å². The number of allylic oxidation sites excluding steroid dienone is 2. The molecule has 0 aliphatic rings. The third-order valence-electron chi connectivity index (χ3n) is 3.20. The van der Waals surface area contributed by atoms with Gasteiger partial charge in [0.15, 0.2) is 0 Å². The molecule has 2 aromatic rings. The van der Waals surface area contributed by atoms with Gasteiger partial charge in [-0.15, -0.1) is 13.2 Å². The van der Waals surface area contributed by atoms with Crippen LogP contribution >= 0.6 is 0 Å². The van der Waals surface area contributed by atoms with Crippen LogP contribution in [-0.4, -0.2) is 24.8 Å². The van der Waals surface area contributed by atoms with Gasteiger partial charge in [-0.3, -0.25) is 10.1 Å². The highest BCUT2D eigenvalue weighted by atomic mass is 16.5. The summed E-state index contributed by atoms with van der Waals surface area (Å²) in [5.74, 6) is -0.592. The molecule has 1 amide bonds. The van der Waals surface area contributed by atoms with Crippen molar-refractivity contribution in [2.45, 2.75) is 26.6 Å². The molecule has 0 bridgehead atoms. The Morgan fingerprint density at radius 3 is 2.08 bits per heavy atom. The molecule has 2 rings (SSSR count). The molecule has 0 saturated carbocycles. The van der Waals surface area contributed by atoms with Gasteiger partial charge in [0.2, 0.25) is 11.8 Å². The Balaban J connectivity index is 2.45. The smallest absolute Gasteiger partial charge is 0.337 e. The Hall–Kier alpha value is -3.43. The first-order valence-corrected chi connectivity index (χ1v) is 7.28. The minimum atomic E-state index is -0.904. The van der Waals surface area contributed by atoms with E-state index in [9.17, 15) is 19.2 Å². The SMILES string of the molecule is C=CCn1c(=O)n(CC=C)c(=O)n(CC(=O)Nc2cc(C)no2)c1=O. The van der Waals surface area contributed by atoms with Crippen molar-refractivity contribution in [2.24, 2.45) is 0 Å². The van der Waals surface area contributed by atoms with E-state index in [0.717, 1.165) is 9.13 Å². The van der Waals surface area contributed by atoms with Crippen LogP contribution in [0.15, 0.2) is 50.3 Å². The number of amides is 1. The first-order valence-electron chi connectivity index (χ1n) is 7.28. The van der Waals surface area contributed by atoms with E-state index >= 15 is 0 Å². The van der Waals surface area contributed by atoms with Gasteiger partial charge in [-0.05, 0) is 6.92 Å². The molecular formula is C15H17N5O5. The van der Waals surface area contributed by atoms with Crippen LogP contribution in [0.2, 0.25) is 0 Å². The standard InChI is InChI=1S/C15H17N5O5/c1-4-6-18-13(22)19(7-5-2)15(24)20(14(18)23)9-11(21)16-12-8-10(3)17-25-12/h4-5,8H,1-2,6-7,9H2,3H3,(H,16,21). The summed E-state index contributed by atoms with van der Waals surface area (Å²) in [5.41, 5.74) is -2.05. The Morgan fingerprint density at radius 1 is 1.12 bits per heavy atom. The molecule has 132 valence electrons. The van der Waals surface area contributed by atoms with Crippen LogP contribution in [0.25, 0.3) is 0 Å². The maximum Gasteiger partial charge on any atom is 0.337 e. The second-order valence-electron chi connectivity index (χ2n) is 5.11. The third-order valence-corrected chi connectivity index (χ3v) is 3.20. The van der Waals surface area contributed by atoms with Crippen molar-refractivity contribution in [3.63, 3.8) is 0 Å². The molecule has 0 atom stereocenters. The van der Waals surface area contributed by atoms with Gasteiger partial charge in [-0.2, -0.15) is 0 Å². The van der Waals surface area contributed by atoms with Gasteiger partial charge in [0.05, 0.1) is 18.8 Å². The van der Waals surface area contributed by atoms with E-state index in [2.05, 4.69) is 23.6 Å². The van der Waals surface area contributed by atoms with Gasteiger partial charge in [0.1, 0.15) is 6.54 Å². The zero-order valence-electron chi connectivity index (χ0n) is 13.6. The Morgan fingerprint density at radius 2 is 1.64 bits per heavy atom. The first-order chi connectivity index (χ1) is 11.9. The van der Waals surface area contributed by atoms with Crippen molar-refractivity contribution < 1.29 is 9.32 Å². The topological polar surface area (TPSA) is 121 Å². The number of aromatic nitrogens is 4. The van der Waals surface area contributed by atoms with Crippen molar-refractivity contribution in [1.82, 2.24) is 18.9 Å². The maximum atomic E-state index is 12.4. The highest BCUT2D eigenvalue weighted by molar-refractivity contribution is 5.89. The number of carbonyl (C=O) groups excluding carboxylic acids is 1. The molecule has 2 heterocycles. The number of rotatable bonds is 7. The summed E-state index contributed by atoms with van der Waals surface area (Å²) >= 11 is 0. The summed E-state index contributed by atoms with van der Waals surface area (Å²) in [7, 11) is 0. The maximum absolute atomic E-state index is 12.4. The fourth-order valence-electron chi connectivity index (χ4n) is 2.13. The summed E-state index contributed by atoms with van der Waals surface area (Å²) in [4.78, 5) is 49.0. The molecule has 10 heteroatoms. The van der Waals surface area contributed by atoms with Crippen molar-refractivity contribution in [1.29, 1.82) is 0 Å². The summed E-state index contributed by atoms with van der Waals surface area (Å²) in [6.45, 7) is 7.82. The van der Waals surface area contributed by atoms with E-state index in [0.29, 0.717) is 10.3 Å². The Bertz CT molecular complexity index is 943. The molecule has 0 aliphatic heterocycles. The van der Waals surface area contributed by atoms with Crippen LogP contribution in [0, 0.1) is 6.92 Å². The van der Waals surface area contributed by atoms with Crippen LogP contribution in [-0.2, 0) is 24.4 Å². The van der Waals surface area contributed by atoms with Crippen LogP contribution in [0.1, 0.15) is 5.69 Å². The molecule has 10 nitrogen and oxygen atoms in total. The number of hydrogen-bond acceptors (Lipinski definition) is 6. The fourth-order valence-corrected chi connectivity index (χ4v) is 2.13. The van der Waals surface area contributed by atoms with E-state index < -0.39 is 29.5 Å². The minimum Gasteiger partial charge on any atom is -0.338 e. The Kier molecular flexibility index (Phi) is 5.32. The monoisotopic (exact) mass is 347 g/mol. The van der Waals surface area contributed by atoms with Gasteiger partial charge >= 0.3 is 17.1 Å². The van der Waals surface area contributed by atoms with Crippen LogP contribution in [0.4, 0.5) is 5.88 Å². The average Bonchev–Trinajstić information content (AvgIpc) is 2.97. The molecule has 0 fully saturated rings. The lowest BCUT2D eigenvalue weighted by Crippen LogP contribution is -2.55. The largest absolute Gasteiger partial charge is 0.338 e. The average molecular weight is 347 g/mol. The number of nitrogens with one attached hydrogen (secondary N) is 1. The number of carbonyl (C=O) groups is 1. The quantitative estimate of drug-likeness (QED) is 0.673. The van der Waals surface area contributed by atoms with Gasteiger partial charge in [-0.25, -0.2) is 28.1 Å². The molecule has 0 saturated heterocycles. The molecule has 0 spiro atoms.